The maximum atomic E-state index is 12.3. The summed E-state index contributed by atoms with van der Waals surface area (Å²) in [7, 11) is 0. The van der Waals surface area contributed by atoms with E-state index in [4.69, 9.17) is 11.1 Å². The van der Waals surface area contributed by atoms with E-state index in [-0.39, 0.29) is 5.91 Å². The number of aromatic nitrogens is 1. The lowest BCUT2D eigenvalue weighted by atomic mass is 10.2. The molecule has 0 bridgehead atoms. The minimum Gasteiger partial charge on any atom is -0.338 e. The van der Waals surface area contributed by atoms with Crippen LogP contribution in [0.5, 0.6) is 0 Å². The van der Waals surface area contributed by atoms with Crippen LogP contribution in [-0.2, 0) is 0 Å². The molecule has 0 aliphatic carbocycles. The lowest BCUT2D eigenvalue weighted by Gasteiger charge is -2.20. The topological polar surface area (TPSA) is 95.0 Å². The van der Waals surface area contributed by atoms with Crippen molar-refractivity contribution in [2.24, 2.45) is 5.84 Å². The SMILES string of the molecule is CCN(CCC#N)C(=O)c1cnc(C)cc1NN. The summed E-state index contributed by atoms with van der Waals surface area (Å²) in [5.41, 5.74) is 4.24. The van der Waals surface area contributed by atoms with Gasteiger partial charge >= 0.3 is 0 Å². The van der Waals surface area contributed by atoms with Gasteiger partial charge in [-0.05, 0) is 19.9 Å². The van der Waals surface area contributed by atoms with Crippen LogP contribution in [0, 0.1) is 18.3 Å². The number of carbonyl (C=O) groups excluding carboxylic acids is 1. The summed E-state index contributed by atoms with van der Waals surface area (Å²) in [6.07, 6.45) is 1.81. The highest BCUT2D eigenvalue weighted by atomic mass is 16.2. The largest absolute Gasteiger partial charge is 0.338 e. The second-order valence-corrected chi connectivity index (χ2v) is 3.81. The molecule has 1 aromatic rings. The lowest BCUT2D eigenvalue weighted by molar-refractivity contribution is 0.0768. The Kier molecular flexibility index (Phi) is 5.08. The van der Waals surface area contributed by atoms with E-state index in [9.17, 15) is 4.79 Å². The zero-order valence-corrected chi connectivity index (χ0v) is 10.6. The number of anilines is 1. The third-order valence-electron chi connectivity index (χ3n) is 2.59. The van der Waals surface area contributed by atoms with Crippen LogP contribution in [0.1, 0.15) is 29.4 Å². The number of nitrogens with zero attached hydrogens (tertiary/aromatic N) is 3. The first-order valence-electron chi connectivity index (χ1n) is 5.73. The molecule has 6 nitrogen and oxygen atoms in total. The molecule has 0 fully saturated rings. The monoisotopic (exact) mass is 247 g/mol. The summed E-state index contributed by atoms with van der Waals surface area (Å²) < 4.78 is 0. The second kappa shape index (κ2) is 6.57. The second-order valence-electron chi connectivity index (χ2n) is 3.81. The first-order chi connectivity index (χ1) is 8.63. The first kappa shape index (κ1) is 13.9. The van der Waals surface area contributed by atoms with Gasteiger partial charge in [-0.25, -0.2) is 0 Å². The molecular formula is C12H17N5O. The molecule has 96 valence electrons. The van der Waals surface area contributed by atoms with E-state index in [1.807, 2.05) is 19.9 Å². The van der Waals surface area contributed by atoms with E-state index in [0.29, 0.717) is 30.8 Å². The van der Waals surface area contributed by atoms with Gasteiger partial charge in [0.2, 0.25) is 0 Å². The fraction of sp³-hybridized carbons (Fsp3) is 0.417. The summed E-state index contributed by atoms with van der Waals surface area (Å²) in [6, 6.07) is 3.74. The Labute approximate surface area is 106 Å². The van der Waals surface area contributed by atoms with Crippen LogP contribution < -0.4 is 11.3 Å². The number of hydrogen-bond acceptors (Lipinski definition) is 5. The molecule has 3 N–H and O–H groups in total. The summed E-state index contributed by atoms with van der Waals surface area (Å²) in [5, 5.41) is 8.57. The Hall–Kier alpha value is -2.13. The van der Waals surface area contributed by atoms with Gasteiger partial charge in [0, 0.05) is 25.0 Å². The van der Waals surface area contributed by atoms with E-state index >= 15 is 0 Å². The van der Waals surface area contributed by atoms with E-state index in [0.717, 1.165) is 5.69 Å². The highest BCUT2D eigenvalue weighted by molar-refractivity contribution is 5.99. The van der Waals surface area contributed by atoms with Crippen LogP contribution in [0.3, 0.4) is 0 Å². The van der Waals surface area contributed by atoms with Gasteiger partial charge in [0.1, 0.15) is 0 Å². The Morgan fingerprint density at radius 1 is 1.67 bits per heavy atom. The van der Waals surface area contributed by atoms with E-state index in [1.54, 1.807) is 11.0 Å². The number of hydrazine groups is 1. The van der Waals surface area contributed by atoms with Crippen LogP contribution in [0.15, 0.2) is 12.3 Å². The number of nitrogens with one attached hydrogen (secondary N) is 1. The Bertz CT molecular complexity index is 466. The van der Waals surface area contributed by atoms with Crippen LogP contribution in [0.4, 0.5) is 5.69 Å². The van der Waals surface area contributed by atoms with Crippen molar-refractivity contribution in [2.45, 2.75) is 20.3 Å². The summed E-state index contributed by atoms with van der Waals surface area (Å²) >= 11 is 0. The number of pyridine rings is 1. The van der Waals surface area contributed by atoms with Crippen molar-refractivity contribution in [1.82, 2.24) is 9.88 Å². The number of nitrogens with two attached hydrogens (primary N) is 1. The molecule has 0 aromatic carbocycles. The van der Waals surface area contributed by atoms with Crippen LogP contribution in [-0.4, -0.2) is 28.9 Å². The maximum absolute atomic E-state index is 12.3. The standard InChI is InChI=1S/C12H17N5O/c1-3-17(6-4-5-13)12(18)10-8-15-9(2)7-11(10)16-14/h7-8H,3-4,6,14H2,1-2H3,(H,15,16). The van der Waals surface area contributed by atoms with E-state index < -0.39 is 0 Å². The predicted octanol–water partition coefficient (Wildman–Crippen LogP) is 1.05. The van der Waals surface area contributed by atoms with Gasteiger partial charge in [-0.2, -0.15) is 5.26 Å². The van der Waals surface area contributed by atoms with Crippen LogP contribution in [0.2, 0.25) is 0 Å². The first-order valence-corrected chi connectivity index (χ1v) is 5.73. The smallest absolute Gasteiger partial charge is 0.257 e. The van der Waals surface area contributed by atoms with Crippen molar-refractivity contribution in [2.75, 3.05) is 18.5 Å². The van der Waals surface area contributed by atoms with Crippen molar-refractivity contribution >= 4 is 11.6 Å². The van der Waals surface area contributed by atoms with Gasteiger partial charge in [-0.15, -0.1) is 0 Å². The molecule has 1 heterocycles. The van der Waals surface area contributed by atoms with Crippen molar-refractivity contribution in [3.05, 3.63) is 23.5 Å². The highest BCUT2D eigenvalue weighted by Crippen LogP contribution is 2.16. The molecule has 1 rings (SSSR count). The molecule has 0 aliphatic heterocycles. The number of nitrogen functional groups attached to an aromatic ring is 1. The average Bonchev–Trinajstić information content (AvgIpc) is 2.39. The molecule has 6 heteroatoms. The van der Waals surface area contributed by atoms with Crippen molar-refractivity contribution < 1.29 is 4.79 Å². The van der Waals surface area contributed by atoms with Gasteiger partial charge in [-0.1, -0.05) is 0 Å². The molecule has 1 aromatic heterocycles. The Morgan fingerprint density at radius 3 is 2.94 bits per heavy atom. The third kappa shape index (κ3) is 3.18. The summed E-state index contributed by atoms with van der Waals surface area (Å²) in [5.74, 6) is 5.23. The lowest BCUT2D eigenvalue weighted by Crippen LogP contribution is -2.32. The van der Waals surface area contributed by atoms with Gasteiger partial charge in [0.25, 0.3) is 5.91 Å². The predicted molar refractivity (Wildman–Crippen MR) is 68.6 cm³/mol. The van der Waals surface area contributed by atoms with E-state index in [2.05, 4.69) is 10.4 Å². The minimum absolute atomic E-state index is 0.173. The zero-order chi connectivity index (χ0) is 13.5. The molecule has 0 atom stereocenters. The molecule has 0 saturated heterocycles. The van der Waals surface area contributed by atoms with Crippen molar-refractivity contribution in [3.8, 4) is 6.07 Å². The number of amides is 1. The Morgan fingerprint density at radius 2 is 2.39 bits per heavy atom. The summed E-state index contributed by atoms with van der Waals surface area (Å²) in [6.45, 7) is 4.64. The van der Waals surface area contributed by atoms with Crippen molar-refractivity contribution in [1.29, 1.82) is 5.26 Å². The summed E-state index contributed by atoms with van der Waals surface area (Å²) in [4.78, 5) is 17.9. The van der Waals surface area contributed by atoms with Gasteiger partial charge in [-0.3, -0.25) is 15.6 Å². The van der Waals surface area contributed by atoms with Gasteiger partial charge < -0.3 is 10.3 Å². The molecule has 0 radical (unpaired) electrons. The quantitative estimate of drug-likeness (QED) is 0.599. The third-order valence-corrected chi connectivity index (χ3v) is 2.59. The number of nitriles is 1. The molecule has 1 amide bonds. The fourth-order valence-electron chi connectivity index (χ4n) is 1.61. The number of aryl methyl sites for hydroxylation is 1. The van der Waals surface area contributed by atoms with Crippen molar-refractivity contribution in [3.63, 3.8) is 0 Å². The fourth-order valence-corrected chi connectivity index (χ4v) is 1.61. The molecular weight excluding hydrogens is 230 g/mol. The molecule has 0 saturated carbocycles. The number of rotatable bonds is 5. The highest BCUT2D eigenvalue weighted by Gasteiger charge is 2.17. The van der Waals surface area contributed by atoms with Crippen LogP contribution in [0.25, 0.3) is 0 Å². The molecule has 0 aliphatic rings. The molecule has 18 heavy (non-hydrogen) atoms. The molecule has 0 spiro atoms. The normalized spacial score (nSPS) is 9.67. The maximum Gasteiger partial charge on any atom is 0.257 e. The molecule has 0 unspecified atom stereocenters. The number of carbonyl (C=O) groups is 1. The minimum atomic E-state index is -0.173. The zero-order valence-electron chi connectivity index (χ0n) is 10.6. The van der Waals surface area contributed by atoms with Gasteiger partial charge in [0.15, 0.2) is 0 Å². The van der Waals surface area contributed by atoms with E-state index in [1.165, 1.54) is 6.20 Å². The number of hydrogen-bond donors (Lipinski definition) is 2. The Balaban J connectivity index is 2.98. The average molecular weight is 247 g/mol. The van der Waals surface area contributed by atoms with Gasteiger partial charge in [0.05, 0.1) is 23.7 Å². The van der Waals surface area contributed by atoms with Crippen LogP contribution >= 0.6 is 0 Å².